The maximum absolute atomic E-state index is 9.10. The van der Waals surface area contributed by atoms with E-state index < -0.39 is 0 Å². The molecule has 1 aromatic heterocycles. The second kappa shape index (κ2) is 3.81. The first kappa shape index (κ1) is 9.23. The van der Waals surface area contributed by atoms with Gasteiger partial charge in [0.2, 0.25) is 0 Å². The van der Waals surface area contributed by atoms with Crippen LogP contribution in [0, 0.1) is 0 Å². The highest BCUT2D eigenvalue weighted by Crippen LogP contribution is 2.26. The first-order valence-corrected chi connectivity index (χ1v) is 6.02. The maximum Gasteiger partial charge on any atom is 0.166 e. The topological polar surface area (TPSA) is 52.8 Å². The lowest BCUT2D eigenvalue weighted by Crippen LogP contribution is -1.87. The fourth-order valence-electron chi connectivity index (χ4n) is 1.05. The van der Waals surface area contributed by atoms with Gasteiger partial charge in [0.25, 0.3) is 0 Å². The fraction of sp³-hybridized carbons (Fsp3) is 0. The van der Waals surface area contributed by atoms with E-state index in [1.807, 2.05) is 18.2 Å². The average molecular weight is 225 g/mol. The molecule has 72 valence electrons. The van der Waals surface area contributed by atoms with Crippen molar-refractivity contribution in [2.75, 3.05) is 0 Å². The molecule has 0 spiro atoms. The Morgan fingerprint density at radius 3 is 2.36 bits per heavy atom. The zero-order valence-corrected chi connectivity index (χ0v) is 8.68. The molecular weight excluding hydrogens is 218 g/mol. The Kier molecular flexibility index (Phi) is 2.51. The zero-order chi connectivity index (χ0) is 9.97. The zero-order valence-electron chi connectivity index (χ0n) is 7.04. The van der Waals surface area contributed by atoms with Gasteiger partial charge in [0, 0.05) is 4.88 Å². The molecule has 0 aliphatic carbocycles. The minimum Gasteiger partial charge on any atom is -0.508 e. The van der Waals surface area contributed by atoms with E-state index in [0.29, 0.717) is 4.67 Å². The van der Waals surface area contributed by atoms with Gasteiger partial charge in [0.05, 0.1) is 0 Å². The summed E-state index contributed by atoms with van der Waals surface area (Å²) in [5.74, 6) is 0.251. The van der Waals surface area contributed by atoms with Crippen molar-refractivity contribution in [3.63, 3.8) is 0 Å². The fourth-order valence-corrected chi connectivity index (χ4v) is 3.09. The Bertz CT molecular complexity index is 484. The number of phenolic OH excluding ortho intramolecular Hbond substituents is 1. The lowest BCUT2D eigenvalue weighted by molar-refractivity contribution is 0.304. The molecule has 2 aromatic rings. The van der Waals surface area contributed by atoms with Crippen molar-refractivity contribution in [1.82, 2.24) is 0 Å². The summed E-state index contributed by atoms with van der Waals surface area (Å²) in [4.78, 5) is 1.03. The van der Waals surface area contributed by atoms with E-state index in [-0.39, 0.29) is 5.75 Å². The van der Waals surface area contributed by atoms with E-state index in [1.165, 1.54) is 20.7 Å². The van der Waals surface area contributed by atoms with Gasteiger partial charge in [-0.25, -0.2) is 0 Å². The molecule has 3 nitrogen and oxygen atoms in total. The minimum atomic E-state index is 0.251. The third-order valence-corrected chi connectivity index (χ3v) is 4.01. The van der Waals surface area contributed by atoms with Crippen molar-refractivity contribution < 1.29 is 10.3 Å². The van der Waals surface area contributed by atoms with Gasteiger partial charge >= 0.3 is 0 Å². The SMILES string of the molecule is O/N=c1/cc(-c2ccc(O)cc2)ss1. The predicted molar refractivity (Wildman–Crippen MR) is 56.6 cm³/mol. The van der Waals surface area contributed by atoms with Gasteiger partial charge in [-0.2, -0.15) is 0 Å². The van der Waals surface area contributed by atoms with Crippen LogP contribution in [0.4, 0.5) is 0 Å². The summed E-state index contributed by atoms with van der Waals surface area (Å²) >= 11 is 0. The second-order valence-electron chi connectivity index (χ2n) is 2.66. The van der Waals surface area contributed by atoms with Gasteiger partial charge in [-0.15, -0.1) is 0 Å². The van der Waals surface area contributed by atoms with Gasteiger partial charge in [0.15, 0.2) is 4.67 Å². The molecule has 0 aliphatic heterocycles. The molecule has 0 unspecified atom stereocenters. The van der Waals surface area contributed by atoms with Crippen LogP contribution in [0.25, 0.3) is 10.4 Å². The maximum atomic E-state index is 9.10. The Morgan fingerprint density at radius 2 is 1.79 bits per heavy atom. The van der Waals surface area contributed by atoms with Crippen molar-refractivity contribution in [3.8, 4) is 16.2 Å². The Hall–Kier alpha value is -1.33. The number of benzene rings is 1. The molecule has 0 saturated heterocycles. The van der Waals surface area contributed by atoms with Gasteiger partial charge < -0.3 is 10.3 Å². The lowest BCUT2D eigenvalue weighted by atomic mass is 10.2. The van der Waals surface area contributed by atoms with Crippen molar-refractivity contribution in [2.24, 2.45) is 5.16 Å². The summed E-state index contributed by atoms with van der Waals surface area (Å²) in [6, 6.07) is 8.73. The molecule has 0 saturated carbocycles. The number of hydrogen-bond donors (Lipinski definition) is 2. The Morgan fingerprint density at radius 1 is 1.07 bits per heavy atom. The molecule has 2 rings (SSSR count). The van der Waals surface area contributed by atoms with E-state index in [0.717, 1.165) is 10.4 Å². The van der Waals surface area contributed by atoms with Crippen molar-refractivity contribution in [2.45, 2.75) is 0 Å². The summed E-state index contributed by atoms with van der Waals surface area (Å²) < 4.78 is 0.595. The van der Waals surface area contributed by atoms with Crippen LogP contribution in [0.3, 0.4) is 0 Å². The normalized spacial score (nSPS) is 11.9. The minimum absolute atomic E-state index is 0.251. The van der Waals surface area contributed by atoms with Gasteiger partial charge in [-0.1, -0.05) is 25.8 Å². The van der Waals surface area contributed by atoms with Crippen LogP contribution < -0.4 is 4.67 Å². The van der Waals surface area contributed by atoms with Crippen LogP contribution >= 0.6 is 20.7 Å². The molecule has 0 fully saturated rings. The molecule has 0 aliphatic rings. The first-order chi connectivity index (χ1) is 6.79. The Labute approximate surface area is 87.6 Å². The van der Waals surface area contributed by atoms with Crippen LogP contribution in [0.2, 0.25) is 0 Å². The summed E-state index contributed by atoms with van der Waals surface area (Å²) in [7, 11) is 2.95. The number of phenols is 1. The molecular formula is C9H7NO2S2. The van der Waals surface area contributed by atoms with Crippen LogP contribution in [0.15, 0.2) is 35.5 Å². The number of hydrogen-bond acceptors (Lipinski definition) is 5. The smallest absolute Gasteiger partial charge is 0.166 e. The van der Waals surface area contributed by atoms with E-state index in [1.54, 1.807) is 12.1 Å². The molecule has 2 N–H and O–H groups in total. The first-order valence-electron chi connectivity index (χ1n) is 3.87. The van der Waals surface area contributed by atoms with E-state index in [9.17, 15) is 0 Å². The van der Waals surface area contributed by atoms with E-state index in [2.05, 4.69) is 5.16 Å². The summed E-state index contributed by atoms with van der Waals surface area (Å²) in [6.45, 7) is 0. The third-order valence-electron chi connectivity index (χ3n) is 1.72. The quantitative estimate of drug-likeness (QED) is 0.445. The summed E-state index contributed by atoms with van der Waals surface area (Å²) in [5, 5.41) is 20.8. The van der Waals surface area contributed by atoms with Crippen LogP contribution in [-0.4, -0.2) is 10.3 Å². The van der Waals surface area contributed by atoms with Gasteiger partial charge in [0.1, 0.15) is 5.75 Å². The number of aromatic hydroxyl groups is 1. The van der Waals surface area contributed by atoms with Crippen LogP contribution in [0.5, 0.6) is 5.75 Å². The van der Waals surface area contributed by atoms with Crippen molar-refractivity contribution in [3.05, 3.63) is 35.0 Å². The lowest BCUT2D eigenvalue weighted by Gasteiger charge is -1.95. The van der Waals surface area contributed by atoms with E-state index in [4.69, 9.17) is 10.3 Å². The summed E-state index contributed by atoms with van der Waals surface area (Å²) in [6.07, 6.45) is 0. The number of nitrogens with zero attached hydrogens (tertiary/aromatic N) is 1. The van der Waals surface area contributed by atoms with Crippen molar-refractivity contribution >= 4 is 20.7 Å². The van der Waals surface area contributed by atoms with Gasteiger partial charge in [-0.3, -0.25) is 0 Å². The highest BCUT2D eigenvalue weighted by atomic mass is 32.9. The molecule has 0 atom stereocenters. The molecule has 1 aromatic carbocycles. The molecule has 1 heterocycles. The highest BCUT2D eigenvalue weighted by Gasteiger charge is 2.00. The standard InChI is InChI=1S/C9H7NO2S2/c11-7-3-1-6(2-4-7)8-5-9(10-12)14-13-8/h1-5,11-12H/b10-9-. The van der Waals surface area contributed by atoms with Gasteiger partial charge in [-0.05, 0) is 35.9 Å². The molecule has 0 radical (unpaired) electrons. The monoisotopic (exact) mass is 225 g/mol. The van der Waals surface area contributed by atoms with Crippen LogP contribution in [-0.2, 0) is 0 Å². The second-order valence-corrected chi connectivity index (χ2v) is 4.85. The van der Waals surface area contributed by atoms with Crippen LogP contribution in [0.1, 0.15) is 0 Å². The van der Waals surface area contributed by atoms with E-state index >= 15 is 0 Å². The highest BCUT2D eigenvalue weighted by molar-refractivity contribution is 7.69. The molecule has 0 bridgehead atoms. The number of rotatable bonds is 1. The average Bonchev–Trinajstić information content (AvgIpc) is 2.67. The van der Waals surface area contributed by atoms with Crippen molar-refractivity contribution in [1.29, 1.82) is 0 Å². The summed E-state index contributed by atoms with van der Waals surface area (Å²) in [5.41, 5.74) is 1.01. The largest absolute Gasteiger partial charge is 0.508 e. The molecule has 5 heteroatoms. The Balaban J connectivity index is 2.44. The predicted octanol–water partition coefficient (Wildman–Crippen LogP) is 2.47. The third kappa shape index (κ3) is 1.78. The molecule has 0 amide bonds. The molecule has 14 heavy (non-hydrogen) atoms.